The predicted molar refractivity (Wildman–Crippen MR) is 52.8 cm³/mol. The van der Waals surface area contributed by atoms with Crippen LogP contribution in [-0.4, -0.2) is 17.3 Å². The molecule has 1 unspecified atom stereocenters. The summed E-state index contributed by atoms with van der Waals surface area (Å²) in [5.74, 6) is 4.37. The zero-order valence-corrected chi connectivity index (χ0v) is 8.47. The number of hydrogen-bond donors (Lipinski definition) is 0. The molecule has 0 N–H and O–H groups in total. The average Bonchev–Trinajstić information content (AvgIpc) is 1.98. The van der Waals surface area contributed by atoms with Gasteiger partial charge in [-0.1, -0.05) is 20.3 Å². The lowest BCUT2D eigenvalue weighted by atomic mass is 10.4. The molecule has 0 bridgehead atoms. The van der Waals surface area contributed by atoms with Crippen LogP contribution in [0, 0.1) is 0 Å². The Labute approximate surface area is 68.7 Å². The Balaban J connectivity index is 3.21. The molecule has 0 aromatic carbocycles. The first-order valence-corrected chi connectivity index (χ1v) is 6.22. The molecule has 0 nitrogen and oxygen atoms in total. The van der Waals surface area contributed by atoms with Gasteiger partial charge < -0.3 is 0 Å². The zero-order valence-electron chi connectivity index (χ0n) is 7.65. The topological polar surface area (TPSA) is 0 Å². The molecule has 62 valence electrons. The number of unbranched alkanes of at least 4 members (excludes halogenated alkanes) is 1. The Hall–Kier alpha value is 0.350. The van der Waals surface area contributed by atoms with Crippen molar-refractivity contribution in [3.8, 4) is 0 Å². The molecular weight excluding hydrogens is 140 g/mol. The smallest absolute Gasteiger partial charge is 0.0652 e. The van der Waals surface area contributed by atoms with E-state index in [1.807, 2.05) is 0 Å². The first kappa shape index (κ1) is 10.3. The van der Waals surface area contributed by atoms with E-state index < -0.39 is 0 Å². The van der Waals surface area contributed by atoms with Crippen LogP contribution in [0.1, 0.15) is 40.0 Å². The third kappa shape index (κ3) is 5.16. The third-order valence-electron chi connectivity index (χ3n) is 1.69. The van der Waals surface area contributed by atoms with Crippen molar-refractivity contribution in [2.45, 2.75) is 40.0 Å². The summed E-state index contributed by atoms with van der Waals surface area (Å²) in [5.41, 5.74) is 0. The summed E-state index contributed by atoms with van der Waals surface area (Å²) in [7, 11) is 0.769. The molecule has 0 saturated heterocycles. The minimum atomic E-state index is 0.769. The SMILES string of the molecule is CCCC[S+](CC)CCC. The molecule has 0 aliphatic carbocycles. The van der Waals surface area contributed by atoms with Crippen LogP contribution >= 0.6 is 0 Å². The van der Waals surface area contributed by atoms with Gasteiger partial charge >= 0.3 is 0 Å². The molecule has 0 rings (SSSR count). The van der Waals surface area contributed by atoms with E-state index >= 15 is 0 Å². The summed E-state index contributed by atoms with van der Waals surface area (Å²) < 4.78 is 0. The van der Waals surface area contributed by atoms with Crippen molar-refractivity contribution < 1.29 is 0 Å². The van der Waals surface area contributed by atoms with Gasteiger partial charge in [-0.15, -0.1) is 0 Å². The van der Waals surface area contributed by atoms with Gasteiger partial charge in [0.05, 0.1) is 0 Å². The third-order valence-corrected chi connectivity index (χ3v) is 4.36. The predicted octanol–water partition coefficient (Wildman–Crippen LogP) is 2.83. The Morgan fingerprint density at radius 3 is 2.00 bits per heavy atom. The summed E-state index contributed by atoms with van der Waals surface area (Å²) in [5, 5.41) is 0. The minimum absolute atomic E-state index is 0.769. The lowest BCUT2D eigenvalue weighted by Crippen LogP contribution is -2.13. The first-order valence-electron chi connectivity index (χ1n) is 4.49. The highest BCUT2D eigenvalue weighted by Crippen LogP contribution is 2.02. The summed E-state index contributed by atoms with van der Waals surface area (Å²) in [6, 6.07) is 0. The molecule has 0 saturated carbocycles. The summed E-state index contributed by atoms with van der Waals surface area (Å²) in [6.07, 6.45) is 4.19. The van der Waals surface area contributed by atoms with Crippen LogP contribution in [0.25, 0.3) is 0 Å². The van der Waals surface area contributed by atoms with E-state index in [9.17, 15) is 0 Å². The normalized spacial score (nSPS) is 13.5. The van der Waals surface area contributed by atoms with E-state index in [-0.39, 0.29) is 0 Å². The van der Waals surface area contributed by atoms with Crippen molar-refractivity contribution in [3.05, 3.63) is 0 Å². The molecule has 0 radical (unpaired) electrons. The van der Waals surface area contributed by atoms with E-state index in [1.54, 1.807) is 0 Å². The standard InChI is InChI=1S/C9H21S/c1-4-7-9-10(6-3)8-5-2/h4-9H2,1-3H3/q+1. The summed E-state index contributed by atoms with van der Waals surface area (Å²) >= 11 is 0. The van der Waals surface area contributed by atoms with Crippen LogP contribution < -0.4 is 0 Å². The highest BCUT2D eigenvalue weighted by molar-refractivity contribution is 7.96. The van der Waals surface area contributed by atoms with E-state index in [4.69, 9.17) is 0 Å². The van der Waals surface area contributed by atoms with Gasteiger partial charge in [-0.25, -0.2) is 0 Å². The number of hydrogen-bond acceptors (Lipinski definition) is 0. The van der Waals surface area contributed by atoms with Gasteiger partial charge in [-0.05, 0) is 30.7 Å². The molecule has 0 aromatic rings. The Morgan fingerprint density at radius 1 is 0.900 bits per heavy atom. The van der Waals surface area contributed by atoms with Crippen molar-refractivity contribution in [2.24, 2.45) is 0 Å². The lowest BCUT2D eigenvalue weighted by molar-refractivity contribution is 0.889. The molecule has 1 heteroatoms. The fourth-order valence-corrected chi connectivity index (χ4v) is 3.08. The quantitative estimate of drug-likeness (QED) is 0.526. The molecule has 0 amide bonds. The largest absolute Gasteiger partial charge is 0.108 e. The molecule has 0 aromatic heterocycles. The molecule has 0 spiro atoms. The molecular formula is C9H21S+. The van der Waals surface area contributed by atoms with Gasteiger partial charge in [0.1, 0.15) is 17.3 Å². The van der Waals surface area contributed by atoms with Gasteiger partial charge in [0, 0.05) is 0 Å². The lowest BCUT2D eigenvalue weighted by Gasteiger charge is -2.03. The van der Waals surface area contributed by atoms with Gasteiger partial charge in [0.15, 0.2) is 0 Å². The van der Waals surface area contributed by atoms with Crippen LogP contribution in [0.3, 0.4) is 0 Å². The highest BCUT2D eigenvalue weighted by Gasteiger charge is 2.11. The van der Waals surface area contributed by atoms with Gasteiger partial charge in [0.2, 0.25) is 0 Å². The second-order valence-corrected chi connectivity index (χ2v) is 5.28. The molecule has 0 heterocycles. The molecule has 10 heavy (non-hydrogen) atoms. The highest BCUT2D eigenvalue weighted by atomic mass is 32.2. The Kier molecular flexibility index (Phi) is 7.72. The van der Waals surface area contributed by atoms with Crippen LogP contribution in [0.5, 0.6) is 0 Å². The second-order valence-electron chi connectivity index (χ2n) is 2.66. The Morgan fingerprint density at radius 2 is 1.60 bits per heavy atom. The van der Waals surface area contributed by atoms with E-state index in [2.05, 4.69) is 20.8 Å². The summed E-state index contributed by atoms with van der Waals surface area (Å²) in [4.78, 5) is 0. The molecule has 0 fully saturated rings. The average molecular weight is 161 g/mol. The monoisotopic (exact) mass is 161 g/mol. The van der Waals surface area contributed by atoms with Crippen LogP contribution in [0.15, 0.2) is 0 Å². The fraction of sp³-hybridized carbons (Fsp3) is 1.00. The van der Waals surface area contributed by atoms with Crippen molar-refractivity contribution in [3.63, 3.8) is 0 Å². The van der Waals surface area contributed by atoms with Crippen molar-refractivity contribution in [1.82, 2.24) is 0 Å². The van der Waals surface area contributed by atoms with Gasteiger partial charge in [0.25, 0.3) is 0 Å². The van der Waals surface area contributed by atoms with Crippen LogP contribution in [-0.2, 0) is 10.9 Å². The zero-order chi connectivity index (χ0) is 7.82. The van der Waals surface area contributed by atoms with E-state index in [0.717, 1.165) is 10.9 Å². The fourth-order valence-electron chi connectivity index (χ4n) is 1.03. The number of rotatable bonds is 6. The first-order chi connectivity index (χ1) is 4.85. The molecule has 0 aliphatic heterocycles. The van der Waals surface area contributed by atoms with Crippen molar-refractivity contribution >= 4 is 10.9 Å². The van der Waals surface area contributed by atoms with Crippen molar-refractivity contribution in [1.29, 1.82) is 0 Å². The molecule has 1 atom stereocenters. The maximum atomic E-state index is 2.33. The second kappa shape index (κ2) is 7.46. The van der Waals surface area contributed by atoms with E-state index in [1.165, 1.54) is 36.5 Å². The van der Waals surface area contributed by atoms with Crippen LogP contribution in [0.4, 0.5) is 0 Å². The van der Waals surface area contributed by atoms with Crippen molar-refractivity contribution in [2.75, 3.05) is 17.3 Å². The minimum Gasteiger partial charge on any atom is -0.0652 e. The molecule has 0 aliphatic rings. The van der Waals surface area contributed by atoms with E-state index in [0.29, 0.717) is 0 Å². The summed E-state index contributed by atoms with van der Waals surface area (Å²) in [6.45, 7) is 6.90. The van der Waals surface area contributed by atoms with Gasteiger partial charge in [-0.3, -0.25) is 0 Å². The Bertz CT molecular complexity index is 61.7. The van der Waals surface area contributed by atoms with Gasteiger partial charge in [-0.2, -0.15) is 0 Å². The maximum Gasteiger partial charge on any atom is 0.108 e. The van der Waals surface area contributed by atoms with Crippen LogP contribution in [0.2, 0.25) is 0 Å². The maximum absolute atomic E-state index is 2.33.